The van der Waals surface area contributed by atoms with Gasteiger partial charge in [0.15, 0.2) is 0 Å². The molecule has 0 atom stereocenters. The Morgan fingerprint density at radius 3 is 2.75 bits per heavy atom. The van der Waals surface area contributed by atoms with Crippen LogP contribution >= 0.6 is 0 Å². The van der Waals surface area contributed by atoms with Crippen molar-refractivity contribution >= 4 is 17.6 Å². The molecule has 1 aromatic carbocycles. The second-order valence-corrected chi connectivity index (χ2v) is 4.61. The Morgan fingerprint density at radius 1 is 1.30 bits per heavy atom. The number of carbonyl (C=O) groups is 2. The third-order valence-electron chi connectivity index (χ3n) is 2.53. The number of rotatable bonds is 3. The van der Waals surface area contributed by atoms with Gasteiger partial charge in [0.05, 0.1) is 0 Å². The van der Waals surface area contributed by atoms with Crippen LogP contribution in [0.3, 0.4) is 0 Å². The highest BCUT2D eigenvalue weighted by Gasteiger charge is 2.09. The lowest BCUT2D eigenvalue weighted by Crippen LogP contribution is -2.30. The lowest BCUT2D eigenvalue weighted by Gasteiger charge is -2.10. The standard InChI is InChI=1S/C14H16N4O2/c1-10(2)16-13(19)11-4-3-5-12(8-11)17-14(20)18-7-6-15-9-18/h3-10H,1-2H3,(H,16,19)(H,17,20). The van der Waals surface area contributed by atoms with E-state index in [1.165, 1.54) is 17.1 Å². The van der Waals surface area contributed by atoms with Crippen LogP contribution in [0.25, 0.3) is 0 Å². The first-order chi connectivity index (χ1) is 9.56. The fourth-order valence-electron chi connectivity index (χ4n) is 1.65. The summed E-state index contributed by atoms with van der Waals surface area (Å²) in [6.07, 6.45) is 4.47. The normalized spacial score (nSPS) is 10.3. The second-order valence-electron chi connectivity index (χ2n) is 4.61. The van der Waals surface area contributed by atoms with Crippen molar-refractivity contribution in [2.24, 2.45) is 0 Å². The van der Waals surface area contributed by atoms with E-state index in [0.717, 1.165) is 0 Å². The fourth-order valence-corrected chi connectivity index (χ4v) is 1.65. The van der Waals surface area contributed by atoms with Crippen LogP contribution in [0.1, 0.15) is 24.2 Å². The molecule has 0 unspecified atom stereocenters. The quantitative estimate of drug-likeness (QED) is 0.898. The van der Waals surface area contributed by atoms with E-state index in [4.69, 9.17) is 0 Å². The maximum Gasteiger partial charge on any atom is 0.331 e. The predicted molar refractivity (Wildman–Crippen MR) is 75.7 cm³/mol. The van der Waals surface area contributed by atoms with Crippen LogP contribution in [0.5, 0.6) is 0 Å². The molecule has 6 heteroatoms. The third kappa shape index (κ3) is 3.44. The Kier molecular flexibility index (Phi) is 4.14. The predicted octanol–water partition coefficient (Wildman–Crippen LogP) is 2.10. The smallest absolute Gasteiger partial charge is 0.331 e. The van der Waals surface area contributed by atoms with Crippen LogP contribution in [-0.2, 0) is 0 Å². The maximum absolute atomic E-state index is 11.9. The van der Waals surface area contributed by atoms with Crippen molar-refractivity contribution in [3.8, 4) is 0 Å². The molecule has 0 saturated carbocycles. The molecule has 2 amide bonds. The van der Waals surface area contributed by atoms with Gasteiger partial charge in [-0.2, -0.15) is 0 Å². The summed E-state index contributed by atoms with van der Waals surface area (Å²) in [5.74, 6) is -0.168. The van der Waals surface area contributed by atoms with Gasteiger partial charge in [-0.15, -0.1) is 0 Å². The molecule has 104 valence electrons. The minimum absolute atomic E-state index is 0.0618. The SMILES string of the molecule is CC(C)NC(=O)c1cccc(NC(=O)n2ccnc2)c1. The average Bonchev–Trinajstić information content (AvgIpc) is 2.92. The number of hydrogen-bond donors (Lipinski definition) is 2. The van der Waals surface area contributed by atoms with Crippen LogP contribution in [0.15, 0.2) is 43.0 Å². The highest BCUT2D eigenvalue weighted by atomic mass is 16.2. The fraction of sp³-hybridized carbons (Fsp3) is 0.214. The van der Waals surface area contributed by atoms with Gasteiger partial charge in [0, 0.05) is 29.7 Å². The van der Waals surface area contributed by atoms with E-state index >= 15 is 0 Å². The van der Waals surface area contributed by atoms with E-state index in [1.54, 1.807) is 30.5 Å². The van der Waals surface area contributed by atoms with Crippen LogP contribution in [0, 0.1) is 0 Å². The second kappa shape index (κ2) is 6.01. The molecule has 0 spiro atoms. The molecule has 0 radical (unpaired) electrons. The van der Waals surface area contributed by atoms with Gasteiger partial charge in [0.2, 0.25) is 0 Å². The lowest BCUT2D eigenvalue weighted by atomic mass is 10.2. The summed E-state index contributed by atoms with van der Waals surface area (Å²) in [6.45, 7) is 3.78. The number of nitrogens with one attached hydrogen (secondary N) is 2. The Bertz CT molecular complexity index is 605. The summed E-state index contributed by atoms with van der Waals surface area (Å²) in [5, 5.41) is 5.50. The van der Waals surface area contributed by atoms with Crippen molar-refractivity contribution in [3.05, 3.63) is 48.5 Å². The number of nitrogens with zero attached hydrogens (tertiary/aromatic N) is 2. The minimum atomic E-state index is -0.330. The number of amides is 2. The molecule has 1 heterocycles. The van der Waals surface area contributed by atoms with E-state index < -0.39 is 0 Å². The van der Waals surface area contributed by atoms with Gasteiger partial charge in [-0.1, -0.05) is 6.07 Å². The van der Waals surface area contributed by atoms with Gasteiger partial charge in [-0.25, -0.2) is 9.78 Å². The van der Waals surface area contributed by atoms with Crippen molar-refractivity contribution in [1.29, 1.82) is 0 Å². The molecule has 6 nitrogen and oxygen atoms in total. The summed E-state index contributed by atoms with van der Waals surface area (Å²) in [5.41, 5.74) is 1.06. The third-order valence-corrected chi connectivity index (χ3v) is 2.53. The molecular formula is C14H16N4O2. The first-order valence-corrected chi connectivity index (χ1v) is 6.26. The molecule has 2 N–H and O–H groups in total. The maximum atomic E-state index is 11.9. The molecule has 2 rings (SSSR count). The summed E-state index contributed by atoms with van der Waals surface area (Å²) in [6, 6.07) is 6.51. The number of imidazole rings is 1. The van der Waals surface area contributed by atoms with E-state index in [9.17, 15) is 9.59 Å². The zero-order valence-corrected chi connectivity index (χ0v) is 11.3. The van der Waals surface area contributed by atoms with Gasteiger partial charge in [-0.05, 0) is 32.0 Å². The van der Waals surface area contributed by atoms with Gasteiger partial charge in [-0.3, -0.25) is 9.36 Å². The van der Waals surface area contributed by atoms with Crippen molar-refractivity contribution in [2.75, 3.05) is 5.32 Å². The molecule has 20 heavy (non-hydrogen) atoms. The summed E-state index contributed by atoms with van der Waals surface area (Å²) in [7, 11) is 0. The largest absolute Gasteiger partial charge is 0.350 e. The molecule has 0 saturated heterocycles. The van der Waals surface area contributed by atoms with E-state index in [2.05, 4.69) is 15.6 Å². The molecule has 0 aliphatic rings. The van der Waals surface area contributed by atoms with Gasteiger partial charge in [0.25, 0.3) is 5.91 Å². The first-order valence-electron chi connectivity index (χ1n) is 6.26. The van der Waals surface area contributed by atoms with Crippen molar-refractivity contribution in [2.45, 2.75) is 19.9 Å². The average molecular weight is 272 g/mol. The summed E-state index contributed by atoms with van der Waals surface area (Å²) >= 11 is 0. The zero-order chi connectivity index (χ0) is 14.5. The molecule has 0 fully saturated rings. The molecule has 0 bridgehead atoms. The topological polar surface area (TPSA) is 76.0 Å². The lowest BCUT2D eigenvalue weighted by molar-refractivity contribution is 0.0943. The van der Waals surface area contributed by atoms with E-state index in [-0.39, 0.29) is 18.0 Å². The Labute approximate surface area is 116 Å². The van der Waals surface area contributed by atoms with Crippen LogP contribution < -0.4 is 10.6 Å². The Balaban J connectivity index is 2.10. The van der Waals surface area contributed by atoms with Crippen LogP contribution in [0.4, 0.5) is 10.5 Å². The molecular weight excluding hydrogens is 256 g/mol. The van der Waals surface area contributed by atoms with Crippen molar-refractivity contribution in [1.82, 2.24) is 14.9 Å². The number of carbonyl (C=O) groups excluding carboxylic acids is 2. The Morgan fingerprint density at radius 2 is 2.10 bits per heavy atom. The molecule has 0 aliphatic carbocycles. The van der Waals surface area contributed by atoms with Gasteiger partial charge in [0.1, 0.15) is 6.33 Å². The molecule has 1 aromatic heterocycles. The zero-order valence-electron chi connectivity index (χ0n) is 11.3. The van der Waals surface area contributed by atoms with Crippen LogP contribution in [-0.4, -0.2) is 27.5 Å². The molecule has 0 aliphatic heterocycles. The Hall–Kier alpha value is -2.63. The molecule has 2 aromatic rings. The first kappa shape index (κ1) is 13.8. The number of aromatic nitrogens is 2. The highest BCUT2D eigenvalue weighted by molar-refractivity contribution is 5.97. The van der Waals surface area contributed by atoms with Gasteiger partial charge >= 0.3 is 6.03 Å². The summed E-state index contributed by atoms with van der Waals surface area (Å²) in [4.78, 5) is 27.5. The van der Waals surface area contributed by atoms with Crippen LogP contribution in [0.2, 0.25) is 0 Å². The van der Waals surface area contributed by atoms with E-state index in [0.29, 0.717) is 11.3 Å². The van der Waals surface area contributed by atoms with Crippen molar-refractivity contribution < 1.29 is 9.59 Å². The summed E-state index contributed by atoms with van der Waals surface area (Å²) < 4.78 is 1.32. The van der Waals surface area contributed by atoms with Crippen molar-refractivity contribution in [3.63, 3.8) is 0 Å². The minimum Gasteiger partial charge on any atom is -0.350 e. The van der Waals surface area contributed by atoms with E-state index in [1.807, 2.05) is 13.8 Å². The number of hydrogen-bond acceptors (Lipinski definition) is 3. The monoisotopic (exact) mass is 272 g/mol. The van der Waals surface area contributed by atoms with Gasteiger partial charge < -0.3 is 10.6 Å². The number of anilines is 1. The highest BCUT2D eigenvalue weighted by Crippen LogP contribution is 2.11. The number of benzene rings is 1.